The zero-order valence-corrected chi connectivity index (χ0v) is 17.6. The number of nitrogens with zero attached hydrogens (tertiary/aromatic N) is 2. The fourth-order valence-corrected chi connectivity index (χ4v) is 3.55. The number of halogens is 1. The molecule has 3 aromatic rings. The largest absolute Gasteiger partial charge is 0.385 e. The Hall–Kier alpha value is -2.71. The molecule has 0 aliphatic carbocycles. The molecule has 1 amide bonds. The Labute approximate surface area is 176 Å². The van der Waals surface area contributed by atoms with E-state index < -0.39 is 5.69 Å². The number of hydrogen-bond donors (Lipinski definition) is 1. The Kier molecular flexibility index (Phi) is 7.00. The number of methoxy groups -OCH3 is 1. The summed E-state index contributed by atoms with van der Waals surface area (Å²) in [5.74, 6) is -0.310. The Balaban J connectivity index is 1.89. The molecule has 0 fully saturated rings. The highest BCUT2D eigenvalue weighted by Gasteiger charge is 2.15. The van der Waals surface area contributed by atoms with Crippen molar-refractivity contribution in [3.63, 3.8) is 0 Å². The topological polar surface area (TPSA) is 82.3 Å². The summed E-state index contributed by atoms with van der Waals surface area (Å²) in [6.07, 6.45) is 0.526. The molecule has 0 aliphatic heterocycles. The summed E-state index contributed by atoms with van der Waals surface area (Å²) in [7, 11) is 1.57. The SMILES string of the molecule is COCCCn1c(=O)c2ccccc2n(CC(=O)NCc2ccccc2Br)c1=O. The van der Waals surface area contributed by atoms with Gasteiger partial charge in [-0.25, -0.2) is 4.79 Å². The van der Waals surface area contributed by atoms with Crippen LogP contribution in [-0.2, 0) is 29.2 Å². The number of nitrogens with one attached hydrogen (secondary N) is 1. The van der Waals surface area contributed by atoms with Crippen molar-refractivity contribution in [2.45, 2.75) is 26.1 Å². The van der Waals surface area contributed by atoms with Gasteiger partial charge < -0.3 is 10.1 Å². The Morgan fingerprint density at radius 3 is 2.55 bits per heavy atom. The van der Waals surface area contributed by atoms with Gasteiger partial charge >= 0.3 is 5.69 Å². The summed E-state index contributed by atoms with van der Waals surface area (Å²) in [5.41, 5.74) is 0.525. The number of rotatable bonds is 8. The first kappa shape index (κ1) is 21.0. The van der Waals surface area contributed by atoms with Crippen molar-refractivity contribution in [3.05, 3.63) is 79.4 Å². The molecule has 152 valence electrons. The fourth-order valence-electron chi connectivity index (χ4n) is 3.12. The number of ether oxygens (including phenoxy) is 1. The summed E-state index contributed by atoms with van der Waals surface area (Å²) >= 11 is 3.45. The number of carbonyl (C=O) groups is 1. The predicted octanol–water partition coefficient (Wildman–Crippen LogP) is 2.28. The first-order chi connectivity index (χ1) is 14.0. The molecule has 0 saturated heterocycles. The molecule has 0 radical (unpaired) electrons. The van der Waals surface area contributed by atoms with Gasteiger partial charge in [-0.15, -0.1) is 0 Å². The smallest absolute Gasteiger partial charge is 0.331 e. The van der Waals surface area contributed by atoms with Gasteiger partial charge in [-0.3, -0.25) is 18.7 Å². The van der Waals surface area contributed by atoms with Crippen molar-refractivity contribution < 1.29 is 9.53 Å². The highest BCUT2D eigenvalue weighted by atomic mass is 79.9. The molecule has 29 heavy (non-hydrogen) atoms. The Bertz CT molecular complexity index is 1140. The van der Waals surface area contributed by atoms with Crippen molar-refractivity contribution in [1.29, 1.82) is 0 Å². The zero-order valence-electron chi connectivity index (χ0n) is 16.1. The molecule has 0 atom stereocenters. The molecule has 0 spiro atoms. The molecule has 3 rings (SSSR count). The maximum Gasteiger partial charge on any atom is 0.331 e. The van der Waals surface area contributed by atoms with Crippen LogP contribution in [0.4, 0.5) is 0 Å². The highest BCUT2D eigenvalue weighted by Crippen LogP contribution is 2.15. The maximum absolute atomic E-state index is 13.0. The van der Waals surface area contributed by atoms with Crippen LogP contribution < -0.4 is 16.6 Å². The summed E-state index contributed by atoms with van der Waals surface area (Å²) in [5, 5.41) is 3.24. The molecule has 0 unspecified atom stereocenters. The van der Waals surface area contributed by atoms with Crippen LogP contribution in [0.15, 0.2) is 62.6 Å². The normalized spacial score (nSPS) is 11.0. The highest BCUT2D eigenvalue weighted by molar-refractivity contribution is 9.10. The molecule has 7 nitrogen and oxygen atoms in total. The second-order valence-electron chi connectivity index (χ2n) is 6.56. The van der Waals surface area contributed by atoms with Gasteiger partial charge in [-0.05, 0) is 30.2 Å². The quantitative estimate of drug-likeness (QED) is 0.523. The van der Waals surface area contributed by atoms with E-state index in [-0.39, 0.29) is 24.6 Å². The van der Waals surface area contributed by atoms with E-state index in [0.29, 0.717) is 30.5 Å². The van der Waals surface area contributed by atoms with E-state index in [0.717, 1.165) is 10.0 Å². The van der Waals surface area contributed by atoms with Crippen LogP contribution in [-0.4, -0.2) is 28.8 Å². The zero-order chi connectivity index (χ0) is 20.8. The van der Waals surface area contributed by atoms with Crippen molar-refractivity contribution in [1.82, 2.24) is 14.5 Å². The summed E-state index contributed by atoms with van der Waals surface area (Å²) in [6.45, 7) is 0.828. The third kappa shape index (κ3) is 4.83. The fraction of sp³-hybridized carbons (Fsp3) is 0.286. The Morgan fingerprint density at radius 1 is 1.07 bits per heavy atom. The summed E-state index contributed by atoms with van der Waals surface area (Å²) in [4.78, 5) is 38.2. The molecular formula is C21H22BrN3O4. The number of para-hydroxylation sites is 1. The number of hydrogen-bond acceptors (Lipinski definition) is 4. The monoisotopic (exact) mass is 459 g/mol. The van der Waals surface area contributed by atoms with E-state index in [1.165, 1.54) is 9.13 Å². The average molecular weight is 460 g/mol. The van der Waals surface area contributed by atoms with Gasteiger partial charge in [0.2, 0.25) is 5.91 Å². The predicted molar refractivity (Wildman–Crippen MR) is 115 cm³/mol. The van der Waals surface area contributed by atoms with Crippen LogP contribution in [0.25, 0.3) is 10.9 Å². The van der Waals surface area contributed by atoms with Crippen LogP contribution in [0, 0.1) is 0 Å². The minimum atomic E-state index is -0.499. The first-order valence-electron chi connectivity index (χ1n) is 9.24. The van der Waals surface area contributed by atoms with E-state index in [1.54, 1.807) is 31.4 Å². The second-order valence-corrected chi connectivity index (χ2v) is 7.41. The van der Waals surface area contributed by atoms with Gasteiger partial charge in [-0.1, -0.05) is 46.3 Å². The maximum atomic E-state index is 13.0. The van der Waals surface area contributed by atoms with Crippen LogP contribution in [0.2, 0.25) is 0 Å². The van der Waals surface area contributed by atoms with E-state index in [4.69, 9.17) is 4.74 Å². The number of aromatic nitrogens is 2. The molecular weight excluding hydrogens is 438 g/mol. The van der Waals surface area contributed by atoms with Crippen molar-refractivity contribution >= 4 is 32.7 Å². The van der Waals surface area contributed by atoms with Gasteiger partial charge in [-0.2, -0.15) is 0 Å². The first-order valence-corrected chi connectivity index (χ1v) is 10.0. The van der Waals surface area contributed by atoms with Gasteiger partial charge in [0.1, 0.15) is 6.54 Å². The lowest BCUT2D eigenvalue weighted by Crippen LogP contribution is -2.42. The van der Waals surface area contributed by atoms with Crippen molar-refractivity contribution in [3.8, 4) is 0 Å². The lowest BCUT2D eigenvalue weighted by molar-refractivity contribution is -0.121. The van der Waals surface area contributed by atoms with Crippen LogP contribution in [0.1, 0.15) is 12.0 Å². The molecule has 0 bridgehead atoms. The number of carbonyl (C=O) groups excluding carboxylic acids is 1. The lowest BCUT2D eigenvalue weighted by Gasteiger charge is -2.14. The molecule has 1 N–H and O–H groups in total. The second kappa shape index (κ2) is 9.67. The Morgan fingerprint density at radius 2 is 1.79 bits per heavy atom. The van der Waals surface area contributed by atoms with Crippen LogP contribution in [0.3, 0.4) is 0 Å². The van der Waals surface area contributed by atoms with Gasteiger partial charge in [0.15, 0.2) is 0 Å². The molecule has 0 saturated carbocycles. The number of fused-ring (bicyclic) bond motifs is 1. The lowest BCUT2D eigenvalue weighted by atomic mass is 10.2. The third-order valence-electron chi connectivity index (χ3n) is 4.60. The third-order valence-corrected chi connectivity index (χ3v) is 5.37. The van der Waals surface area contributed by atoms with E-state index in [2.05, 4.69) is 21.2 Å². The minimum absolute atomic E-state index is 0.172. The van der Waals surface area contributed by atoms with Crippen molar-refractivity contribution in [2.24, 2.45) is 0 Å². The molecule has 8 heteroatoms. The molecule has 0 aliphatic rings. The van der Waals surface area contributed by atoms with Gasteiger partial charge in [0, 0.05) is 31.3 Å². The van der Waals surface area contributed by atoms with E-state index in [1.807, 2.05) is 24.3 Å². The standard InChI is InChI=1S/C21H22BrN3O4/c1-29-12-6-11-24-20(27)16-8-3-5-10-18(16)25(21(24)28)14-19(26)23-13-15-7-2-4-9-17(15)22/h2-5,7-10H,6,11-14H2,1H3,(H,23,26). The van der Waals surface area contributed by atoms with Crippen LogP contribution >= 0.6 is 15.9 Å². The van der Waals surface area contributed by atoms with E-state index in [9.17, 15) is 14.4 Å². The number of benzene rings is 2. The van der Waals surface area contributed by atoms with Gasteiger partial charge in [0.05, 0.1) is 10.9 Å². The molecule has 1 aromatic heterocycles. The number of amides is 1. The van der Waals surface area contributed by atoms with E-state index >= 15 is 0 Å². The average Bonchev–Trinajstić information content (AvgIpc) is 2.73. The van der Waals surface area contributed by atoms with Crippen molar-refractivity contribution in [2.75, 3.05) is 13.7 Å². The molecule has 1 heterocycles. The van der Waals surface area contributed by atoms with Gasteiger partial charge in [0.25, 0.3) is 5.56 Å². The molecule has 2 aromatic carbocycles. The summed E-state index contributed by atoms with van der Waals surface area (Å²) < 4.78 is 8.43. The minimum Gasteiger partial charge on any atom is -0.385 e. The summed E-state index contributed by atoms with van der Waals surface area (Å²) in [6, 6.07) is 14.4. The van der Waals surface area contributed by atoms with Crippen LogP contribution in [0.5, 0.6) is 0 Å².